The van der Waals surface area contributed by atoms with Gasteiger partial charge in [-0.3, -0.25) is 9.89 Å². The van der Waals surface area contributed by atoms with Gasteiger partial charge >= 0.3 is 0 Å². The SMILES string of the molecule is CN=C(NCCC(C)N(C)Cc1ccccc1)NCc1ccc(Cl)nc1.I. The van der Waals surface area contributed by atoms with Crippen LogP contribution in [0.5, 0.6) is 0 Å². The number of aromatic nitrogens is 1. The lowest BCUT2D eigenvalue weighted by Gasteiger charge is -2.25. The maximum atomic E-state index is 5.80. The highest BCUT2D eigenvalue weighted by atomic mass is 127. The molecule has 0 saturated carbocycles. The number of nitrogens with one attached hydrogen (secondary N) is 2. The summed E-state index contributed by atoms with van der Waals surface area (Å²) in [6.07, 6.45) is 2.80. The molecule has 0 amide bonds. The minimum atomic E-state index is 0. The summed E-state index contributed by atoms with van der Waals surface area (Å²) in [6.45, 7) is 4.73. The molecule has 2 N–H and O–H groups in total. The zero-order chi connectivity index (χ0) is 18.8. The van der Waals surface area contributed by atoms with Crippen LogP contribution in [0.3, 0.4) is 0 Å². The largest absolute Gasteiger partial charge is 0.356 e. The van der Waals surface area contributed by atoms with Crippen molar-refractivity contribution in [3.8, 4) is 0 Å². The summed E-state index contributed by atoms with van der Waals surface area (Å²) in [6, 6.07) is 14.8. The van der Waals surface area contributed by atoms with Crippen molar-refractivity contribution in [2.45, 2.75) is 32.5 Å². The van der Waals surface area contributed by atoms with Gasteiger partial charge in [-0.2, -0.15) is 0 Å². The molecule has 7 heteroatoms. The van der Waals surface area contributed by atoms with Crippen LogP contribution in [0.1, 0.15) is 24.5 Å². The predicted octanol–water partition coefficient (Wildman–Crippen LogP) is 3.93. The van der Waals surface area contributed by atoms with Crippen LogP contribution < -0.4 is 10.6 Å². The highest BCUT2D eigenvalue weighted by molar-refractivity contribution is 14.0. The van der Waals surface area contributed by atoms with E-state index in [0.717, 1.165) is 31.0 Å². The lowest BCUT2D eigenvalue weighted by atomic mass is 10.1. The van der Waals surface area contributed by atoms with E-state index in [1.54, 1.807) is 19.3 Å². The highest BCUT2D eigenvalue weighted by Gasteiger charge is 2.09. The van der Waals surface area contributed by atoms with Crippen LogP contribution in [0.15, 0.2) is 53.7 Å². The molecule has 1 atom stereocenters. The average Bonchev–Trinajstić information content (AvgIpc) is 2.66. The third-order valence-corrected chi connectivity index (χ3v) is 4.58. The molecule has 0 spiro atoms. The average molecular weight is 502 g/mol. The molecule has 0 radical (unpaired) electrons. The predicted molar refractivity (Wildman–Crippen MR) is 125 cm³/mol. The Labute approximate surface area is 184 Å². The van der Waals surface area contributed by atoms with Crippen molar-refractivity contribution in [3.05, 3.63) is 64.9 Å². The van der Waals surface area contributed by atoms with Crippen LogP contribution in [0, 0.1) is 0 Å². The number of hydrogen-bond donors (Lipinski definition) is 2. The van der Waals surface area contributed by atoms with E-state index < -0.39 is 0 Å². The Hall–Kier alpha value is -1.38. The van der Waals surface area contributed by atoms with Crippen LogP contribution in [0.2, 0.25) is 5.15 Å². The molecule has 1 aromatic carbocycles. The summed E-state index contributed by atoms with van der Waals surface area (Å²) in [5.41, 5.74) is 2.40. The molecule has 0 aliphatic rings. The Morgan fingerprint density at radius 3 is 2.52 bits per heavy atom. The maximum Gasteiger partial charge on any atom is 0.191 e. The van der Waals surface area contributed by atoms with Crippen molar-refractivity contribution < 1.29 is 0 Å². The first-order chi connectivity index (χ1) is 12.6. The zero-order valence-corrected chi connectivity index (χ0v) is 19.2. The second-order valence-corrected chi connectivity index (χ2v) is 6.77. The molecular formula is C20H29ClIN5. The lowest BCUT2D eigenvalue weighted by Crippen LogP contribution is -2.39. The highest BCUT2D eigenvalue weighted by Crippen LogP contribution is 2.08. The first kappa shape index (κ1) is 23.7. The number of halogens is 2. The van der Waals surface area contributed by atoms with Gasteiger partial charge in [0.2, 0.25) is 0 Å². The van der Waals surface area contributed by atoms with Crippen molar-refractivity contribution in [2.24, 2.45) is 4.99 Å². The monoisotopic (exact) mass is 501 g/mol. The van der Waals surface area contributed by atoms with Crippen molar-refractivity contribution in [2.75, 3.05) is 20.6 Å². The molecule has 5 nitrogen and oxygen atoms in total. The topological polar surface area (TPSA) is 52.6 Å². The first-order valence-corrected chi connectivity index (χ1v) is 9.25. The molecule has 0 bridgehead atoms. The van der Waals surface area contributed by atoms with Gasteiger partial charge in [0.15, 0.2) is 5.96 Å². The Morgan fingerprint density at radius 1 is 1.15 bits per heavy atom. The molecule has 0 aliphatic carbocycles. The second kappa shape index (κ2) is 12.9. The Bertz CT molecular complexity index is 679. The molecule has 1 heterocycles. The molecule has 0 aliphatic heterocycles. The Kier molecular flexibility index (Phi) is 11.3. The second-order valence-electron chi connectivity index (χ2n) is 6.38. The van der Waals surface area contributed by atoms with Gasteiger partial charge in [-0.1, -0.05) is 48.0 Å². The van der Waals surface area contributed by atoms with Gasteiger partial charge in [0.05, 0.1) is 0 Å². The molecule has 148 valence electrons. The van der Waals surface area contributed by atoms with E-state index in [-0.39, 0.29) is 24.0 Å². The molecule has 0 saturated heterocycles. The fourth-order valence-corrected chi connectivity index (χ4v) is 2.68. The number of hydrogen-bond acceptors (Lipinski definition) is 3. The number of pyridine rings is 1. The third-order valence-electron chi connectivity index (χ3n) is 4.35. The normalized spacial score (nSPS) is 12.4. The van der Waals surface area contributed by atoms with Gasteiger partial charge < -0.3 is 10.6 Å². The molecule has 27 heavy (non-hydrogen) atoms. The fraction of sp³-hybridized carbons (Fsp3) is 0.400. The number of benzene rings is 1. The van der Waals surface area contributed by atoms with E-state index in [4.69, 9.17) is 11.6 Å². The van der Waals surface area contributed by atoms with Gasteiger partial charge in [0.1, 0.15) is 5.15 Å². The van der Waals surface area contributed by atoms with Crippen LogP contribution in [0.4, 0.5) is 0 Å². The number of guanidine groups is 1. The summed E-state index contributed by atoms with van der Waals surface area (Å²) in [7, 11) is 3.94. The molecule has 1 aromatic heterocycles. The number of rotatable bonds is 8. The quantitative estimate of drug-likeness (QED) is 0.249. The molecule has 2 rings (SSSR count). The number of nitrogens with zero attached hydrogens (tertiary/aromatic N) is 3. The van der Waals surface area contributed by atoms with Gasteiger partial charge in [0, 0.05) is 38.9 Å². The smallest absolute Gasteiger partial charge is 0.191 e. The van der Waals surface area contributed by atoms with Gasteiger partial charge in [-0.15, -0.1) is 24.0 Å². The van der Waals surface area contributed by atoms with Gasteiger partial charge in [-0.05, 0) is 37.6 Å². The Morgan fingerprint density at radius 2 is 1.89 bits per heavy atom. The van der Waals surface area contributed by atoms with Crippen LogP contribution >= 0.6 is 35.6 Å². The standard InChI is InChI=1S/C20H28ClN5.HI/c1-16(26(3)15-17-7-5-4-6-8-17)11-12-23-20(22-2)25-14-18-9-10-19(21)24-13-18;/h4-10,13,16H,11-12,14-15H2,1-3H3,(H2,22,23,25);1H. The van der Waals surface area contributed by atoms with Crippen LogP contribution in [-0.2, 0) is 13.1 Å². The summed E-state index contributed by atoms with van der Waals surface area (Å²) >= 11 is 5.80. The van der Waals surface area contributed by atoms with Crippen molar-refractivity contribution in [1.82, 2.24) is 20.5 Å². The zero-order valence-electron chi connectivity index (χ0n) is 16.2. The van der Waals surface area contributed by atoms with E-state index in [2.05, 4.69) is 69.8 Å². The van der Waals surface area contributed by atoms with Crippen molar-refractivity contribution in [3.63, 3.8) is 0 Å². The van der Waals surface area contributed by atoms with E-state index in [0.29, 0.717) is 17.7 Å². The van der Waals surface area contributed by atoms with Crippen LogP contribution in [0.25, 0.3) is 0 Å². The molecular weight excluding hydrogens is 473 g/mol. The van der Waals surface area contributed by atoms with E-state index in [1.807, 2.05) is 6.07 Å². The van der Waals surface area contributed by atoms with E-state index in [9.17, 15) is 0 Å². The maximum absolute atomic E-state index is 5.80. The molecule has 2 aromatic rings. The fourth-order valence-electron chi connectivity index (χ4n) is 2.56. The van der Waals surface area contributed by atoms with E-state index >= 15 is 0 Å². The van der Waals surface area contributed by atoms with E-state index in [1.165, 1.54) is 5.56 Å². The molecule has 0 fully saturated rings. The summed E-state index contributed by atoms with van der Waals surface area (Å²) in [4.78, 5) is 10.7. The van der Waals surface area contributed by atoms with Gasteiger partial charge in [0.25, 0.3) is 0 Å². The van der Waals surface area contributed by atoms with Crippen molar-refractivity contribution >= 4 is 41.5 Å². The summed E-state index contributed by atoms with van der Waals surface area (Å²) in [5.74, 6) is 0.790. The minimum absolute atomic E-state index is 0. The number of aliphatic imine (C=N–C) groups is 1. The third kappa shape index (κ3) is 8.90. The summed E-state index contributed by atoms with van der Waals surface area (Å²) < 4.78 is 0. The van der Waals surface area contributed by atoms with Gasteiger partial charge in [-0.25, -0.2) is 4.98 Å². The van der Waals surface area contributed by atoms with Crippen LogP contribution in [-0.4, -0.2) is 42.5 Å². The summed E-state index contributed by atoms with van der Waals surface area (Å²) in [5, 5.41) is 7.16. The first-order valence-electron chi connectivity index (χ1n) is 8.87. The lowest BCUT2D eigenvalue weighted by molar-refractivity contribution is 0.238. The molecule has 1 unspecified atom stereocenters. The Balaban J connectivity index is 0.00000364. The minimum Gasteiger partial charge on any atom is -0.356 e. The van der Waals surface area contributed by atoms with Crippen molar-refractivity contribution in [1.29, 1.82) is 0 Å².